The van der Waals surface area contributed by atoms with E-state index in [0.717, 1.165) is 31.4 Å². The molecule has 0 aliphatic carbocycles. The van der Waals surface area contributed by atoms with Gasteiger partial charge in [-0.15, -0.1) is 0 Å². The van der Waals surface area contributed by atoms with Crippen molar-refractivity contribution in [2.24, 2.45) is 0 Å². The maximum absolute atomic E-state index is 13.6. The van der Waals surface area contributed by atoms with Crippen molar-refractivity contribution in [3.05, 3.63) is 47.5 Å². The molecule has 0 fully saturated rings. The number of rotatable bonds is 7. The molecular formula is C16H17F3N4O. The second-order valence-corrected chi connectivity index (χ2v) is 5.11. The summed E-state index contributed by atoms with van der Waals surface area (Å²) < 4.78 is 39.6. The molecule has 2 N–H and O–H groups in total. The molecule has 0 saturated carbocycles. The lowest BCUT2D eigenvalue weighted by Gasteiger charge is -2.08. The van der Waals surface area contributed by atoms with Crippen LogP contribution >= 0.6 is 0 Å². The molecule has 8 heteroatoms. The topological polar surface area (TPSA) is 66.9 Å². The number of unbranched alkanes of at least 4 members (excludes halogenated alkanes) is 2. The predicted octanol–water partition coefficient (Wildman–Crippen LogP) is 3.56. The van der Waals surface area contributed by atoms with Gasteiger partial charge in [0.05, 0.1) is 11.3 Å². The van der Waals surface area contributed by atoms with Crippen LogP contribution in [-0.2, 0) is 0 Å². The van der Waals surface area contributed by atoms with E-state index in [2.05, 4.69) is 27.5 Å². The normalized spacial score (nSPS) is 10.5. The molecule has 1 heterocycles. The number of amides is 1. The average molecular weight is 338 g/mol. The number of nitrogens with zero attached hydrogens (tertiary/aromatic N) is 2. The van der Waals surface area contributed by atoms with E-state index in [1.54, 1.807) is 0 Å². The number of aromatic nitrogens is 2. The van der Waals surface area contributed by atoms with Crippen LogP contribution in [0.2, 0.25) is 0 Å². The Morgan fingerprint density at radius 1 is 1.08 bits per heavy atom. The Kier molecular flexibility index (Phi) is 6.11. The number of anilines is 2. The van der Waals surface area contributed by atoms with E-state index < -0.39 is 17.5 Å². The lowest BCUT2D eigenvalue weighted by Crippen LogP contribution is -2.24. The lowest BCUT2D eigenvalue weighted by molar-refractivity contribution is 0.0952. The molecule has 0 bridgehead atoms. The summed E-state index contributed by atoms with van der Waals surface area (Å²) in [4.78, 5) is 19.6. The highest BCUT2D eigenvalue weighted by Crippen LogP contribution is 2.21. The van der Waals surface area contributed by atoms with Crippen molar-refractivity contribution in [1.29, 1.82) is 0 Å². The third-order valence-corrected chi connectivity index (χ3v) is 3.26. The molecule has 0 atom stereocenters. The van der Waals surface area contributed by atoms with Crippen molar-refractivity contribution in [1.82, 2.24) is 15.3 Å². The summed E-state index contributed by atoms with van der Waals surface area (Å²) in [5, 5.41) is 5.17. The predicted molar refractivity (Wildman–Crippen MR) is 83.5 cm³/mol. The third kappa shape index (κ3) is 4.43. The summed E-state index contributed by atoms with van der Waals surface area (Å²) >= 11 is 0. The van der Waals surface area contributed by atoms with Crippen LogP contribution in [0.3, 0.4) is 0 Å². The van der Waals surface area contributed by atoms with Gasteiger partial charge in [-0.3, -0.25) is 4.79 Å². The average Bonchev–Trinajstić information content (AvgIpc) is 2.59. The van der Waals surface area contributed by atoms with Crippen molar-refractivity contribution >= 4 is 17.5 Å². The van der Waals surface area contributed by atoms with E-state index in [1.807, 2.05) is 0 Å². The smallest absolute Gasteiger partial charge is 0.254 e. The van der Waals surface area contributed by atoms with Crippen LogP contribution in [0, 0.1) is 17.5 Å². The number of carbonyl (C=O) groups is 1. The van der Waals surface area contributed by atoms with Crippen LogP contribution in [0.1, 0.15) is 36.5 Å². The van der Waals surface area contributed by atoms with Gasteiger partial charge in [-0.1, -0.05) is 19.8 Å². The van der Waals surface area contributed by atoms with Gasteiger partial charge in [-0.25, -0.2) is 23.1 Å². The Balaban J connectivity index is 1.99. The second-order valence-electron chi connectivity index (χ2n) is 5.11. The highest BCUT2D eigenvalue weighted by Gasteiger charge is 2.14. The molecule has 1 aromatic heterocycles. The van der Waals surface area contributed by atoms with Gasteiger partial charge in [0.15, 0.2) is 17.5 Å². The van der Waals surface area contributed by atoms with Crippen molar-refractivity contribution < 1.29 is 18.0 Å². The minimum absolute atomic E-state index is 0.0394. The van der Waals surface area contributed by atoms with Crippen LogP contribution in [0.25, 0.3) is 0 Å². The van der Waals surface area contributed by atoms with Gasteiger partial charge in [-0.05, 0) is 18.6 Å². The molecular weight excluding hydrogens is 321 g/mol. The molecule has 0 radical (unpaired) electrons. The van der Waals surface area contributed by atoms with Gasteiger partial charge in [0.2, 0.25) is 5.95 Å². The van der Waals surface area contributed by atoms with Crippen molar-refractivity contribution in [2.75, 3.05) is 11.9 Å². The SMILES string of the molecule is CCCCCNC(=O)c1cnc(Nc2ccc(F)c(F)c2F)nc1. The quantitative estimate of drug-likeness (QED) is 0.598. The van der Waals surface area contributed by atoms with Crippen molar-refractivity contribution in [3.8, 4) is 0 Å². The Morgan fingerprint density at radius 2 is 1.79 bits per heavy atom. The number of nitrogens with one attached hydrogen (secondary N) is 2. The first-order valence-corrected chi connectivity index (χ1v) is 7.53. The highest BCUT2D eigenvalue weighted by molar-refractivity contribution is 5.93. The first-order valence-electron chi connectivity index (χ1n) is 7.53. The van der Waals surface area contributed by atoms with Gasteiger partial charge >= 0.3 is 0 Å². The molecule has 1 aromatic carbocycles. The van der Waals surface area contributed by atoms with Crippen LogP contribution in [0.15, 0.2) is 24.5 Å². The molecule has 2 aromatic rings. The van der Waals surface area contributed by atoms with E-state index in [0.29, 0.717) is 6.54 Å². The van der Waals surface area contributed by atoms with Crippen LogP contribution in [0.4, 0.5) is 24.8 Å². The Morgan fingerprint density at radius 3 is 2.46 bits per heavy atom. The molecule has 0 saturated heterocycles. The minimum atomic E-state index is -1.58. The molecule has 1 amide bonds. The molecule has 128 valence electrons. The highest BCUT2D eigenvalue weighted by atomic mass is 19.2. The maximum atomic E-state index is 13.6. The van der Waals surface area contributed by atoms with Gasteiger partial charge in [0.25, 0.3) is 5.91 Å². The maximum Gasteiger partial charge on any atom is 0.254 e. The van der Waals surface area contributed by atoms with Gasteiger partial charge in [-0.2, -0.15) is 0 Å². The summed E-state index contributed by atoms with van der Waals surface area (Å²) in [6.07, 6.45) is 5.50. The standard InChI is InChI=1S/C16H17F3N4O/c1-2-3-4-7-20-15(24)10-8-21-16(22-9-10)23-12-6-5-11(17)13(18)14(12)19/h5-6,8-9H,2-4,7H2,1H3,(H,20,24)(H,21,22,23). The largest absolute Gasteiger partial charge is 0.352 e. The van der Waals surface area contributed by atoms with Gasteiger partial charge < -0.3 is 10.6 Å². The molecule has 0 spiro atoms. The fourth-order valence-corrected chi connectivity index (χ4v) is 1.93. The Bertz CT molecular complexity index is 707. The summed E-state index contributed by atoms with van der Waals surface area (Å²) in [5.41, 5.74) is -0.0477. The summed E-state index contributed by atoms with van der Waals surface area (Å²) in [6.45, 7) is 2.63. The van der Waals surface area contributed by atoms with E-state index in [1.165, 1.54) is 12.4 Å². The minimum Gasteiger partial charge on any atom is -0.352 e. The first kappa shape index (κ1) is 17.7. The fraction of sp³-hybridized carbons (Fsp3) is 0.312. The van der Waals surface area contributed by atoms with Crippen molar-refractivity contribution in [2.45, 2.75) is 26.2 Å². The Labute approximate surface area is 137 Å². The molecule has 0 aliphatic heterocycles. The molecule has 0 aliphatic rings. The zero-order valence-corrected chi connectivity index (χ0v) is 13.1. The Hall–Kier alpha value is -2.64. The molecule has 5 nitrogen and oxygen atoms in total. The van der Waals surface area contributed by atoms with Gasteiger partial charge in [0.1, 0.15) is 0 Å². The number of hydrogen-bond donors (Lipinski definition) is 2. The van der Waals surface area contributed by atoms with Crippen molar-refractivity contribution in [3.63, 3.8) is 0 Å². The van der Waals surface area contributed by atoms with E-state index in [4.69, 9.17) is 0 Å². The second kappa shape index (κ2) is 8.28. The zero-order chi connectivity index (χ0) is 17.5. The van der Waals surface area contributed by atoms with E-state index in [9.17, 15) is 18.0 Å². The monoisotopic (exact) mass is 338 g/mol. The summed E-state index contributed by atoms with van der Waals surface area (Å²) in [6, 6.07) is 1.82. The van der Waals surface area contributed by atoms with E-state index in [-0.39, 0.29) is 23.1 Å². The molecule has 0 unspecified atom stereocenters. The van der Waals surface area contributed by atoms with E-state index >= 15 is 0 Å². The van der Waals surface area contributed by atoms with Crippen LogP contribution in [0.5, 0.6) is 0 Å². The summed E-state index contributed by atoms with van der Waals surface area (Å²) in [5.74, 6) is -4.58. The molecule has 24 heavy (non-hydrogen) atoms. The number of hydrogen-bond acceptors (Lipinski definition) is 4. The third-order valence-electron chi connectivity index (χ3n) is 3.26. The number of halogens is 3. The lowest BCUT2D eigenvalue weighted by atomic mass is 10.2. The van der Waals surface area contributed by atoms with Crippen LogP contribution < -0.4 is 10.6 Å². The van der Waals surface area contributed by atoms with Crippen LogP contribution in [-0.4, -0.2) is 22.4 Å². The zero-order valence-electron chi connectivity index (χ0n) is 13.1. The summed E-state index contributed by atoms with van der Waals surface area (Å²) in [7, 11) is 0. The first-order chi connectivity index (χ1) is 11.5. The number of benzene rings is 1. The molecule has 2 rings (SSSR count). The van der Waals surface area contributed by atoms with Gasteiger partial charge in [0, 0.05) is 18.9 Å². The fourth-order valence-electron chi connectivity index (χ4n) is 1.93. The number of carbonyl (C=O) groups excluding carboxylic acids is 1.